The molecule has 5 nitrogen and oxygen atoms in total. The highest BCUT2D eigenvalue weighted by molar-refractivity contribution is 7.90. The number of anilines is 2. The molecule has 0 saturated heterocycles. The summed E-state index contributed by atoms with van der Waals surface area (Å²) in [5.74, 6) is 0. The Bertz CT molecular complexity index is 1180. The molecule has 0 aliphatic carbocycles. The fourth-order valence-corrected chi connectivity index (χ4v) is 5.18. The molecule has 0 amide bonds. The lowest BCUT2D eigenvalue weighted by atomic mass is 10.0. The lowest BCUT2D eigenvalue weighted by Gasteiger charge is -2.29. The van der Waals surface area contributed by atoms with Crippen LogP contribution in [-0.2, 0) is 22.8 Å². The highest BCUT2D eigenvalue weighted by Crippen LogP contribution is 2.37. The third kappa shape index (κ3) is 5.05. The molecule has 1 heterocycles. The van der Waals surface area contributed by atoms with E-state index < -0.39 is 16.0 Å². The van der Waals surface area contributed by atoms with Gasteiger partial charge < -0.3 is 10.0 Å². The summed E-state index contributed by atoms with van der Waals surface area (Å²) in [6, 6.07) is 20.2. The summed E-state index contributed by atoms with van der Waals surface area (Å²) in [7, 11) is -3.26. The normalized spacial score (nSPS) is 16.0. The predicted molar refractivity (Wildman–Crippen MR) is 127 cm³/mol. The monoisotopic (exact) mass is 475 g/mol. The quantitative estimate of drug-likeness (QED) is 0.458. The Kier molecular flexibility index (Phi) is 6.55. The lowest BCUT2D eigenvalue weighted by molar-refractivity contribution is 0.187. The van der Waals surface area contributed by atoms with Crippen LogP contribution in [0.2, 0.25) is 10.0 Å². The Morgan fingerprint density at radius 1 is 0.968 bits per heavy atom. The third-order valence-electron chi connectivity index (χ3n) is 5.35. The fourth-order valence-electron chi connectivity index (χ4n) is 3.78. The fraction of sp³-hybridized carbons (Fsp3) is 0.217. The molecule has 3 aromatic rings. The number of rotatable bonds is 6. The van der Waals surface area contributed by atoms with Crippen LogP contribution in [0.15, 0.2) is 71.6 Å². The number of hydrogen-bond acceptors (Lipinski definition) is 4. The van der Waals surface area contributed by atoms with Crippen LogP contribution in [0.1, 0.15) is 11.1 Å². The summed E-state index contributed by atoms with van der Waals surface area (Å²) < 4.78 is 23.6. The zero-order valence-corrected chi connectivity index (χ0v) is 19.1. The Balaban J connectivity index is 1.55. The average Bonchev–Trinajstić information content (AvgIpc) is 2.90. The van der Waals surface area contributed by atoms with Crippen LogP contribution in [0.5, 0.6) is 0 Å². The van der Waals surface area contributed by atoms with E-state index in [0.717, 1.165) is 29.8 Å². The SMILES string of the molecule is N=S(=O)(NCC(O)CN1c2ccccc2CCc2ccc(Cl)cc21)c1ccc(Cl)cc1. The molecule has 1 aliphatic rings. The van der Waals surface area contributed by atoms with Crippen molar-refractivity contribution in [3.05, 3.63) is 87.9 Å². The first-order valence-electron chi connectivity index (χ1n) is 9.94. The van der Waals surface area contributed by atoms with Gasteiger partial charge in [-0.1, -0.05) is 47.5 Å². The molecular formula is C23H23Cl2N3O2S. The van der Waals surface area contributed by atoms with Crippen LogP contribution in [0.4, 0.5) is 11.4 Å². The van der Waals surface area contributed by atoms with Gasteiger partial charge in [0.05, 0.1) is 17.5 Å². The molecule has 4 rings (SSSR count). The minimum absolute atomic E-state index is 0.000471. The van der Waals surface area contributed by atoms with Gasteiger partial charge in [0, 0.05) is 28.0 Å². The van der Waals surface area contributed by atoms with Gasteiger partial charge >= 0.3 is 0 Å². The molecule has 0 fully saturated rings. The van der Waals surface area contributed by atoms with E-state index in [0.29, 0.717) is 14.9 Å². The second-order valence-corrected chi connectivity index (χ2v) is 10.3. The minimum atomic E-state index is -3.26. The Labute approximate surface area is 192 Å². The van der Waals surface area contributed by atoms with Crippen LogP contribution in [-0.4, -0.2) is 28.5 Å². The number of fused-ring (bicyclic) bond motifs is 2. The summed E-state index contributed by atoms with van der Waals surface area (Å²) in [4.78, 5) is 2.38. The summed E-state index contributed by atoms with van der Waals surface area (Å²) >= 11 is 12.2. The van der Waals surface area contributed by atoms with E-state index >= 15 is 0 Å². The summed E-state index contributed by atoms with van der Waals surface area (Å²) in [6.45, 7) is 0.271. The Hall–Kier alpha value is -2.09. The van der Waals surface area contributed by atoms with E-state index in [4.69, 9.17) is 28.0 Å². The molecule has 1 aliphatic heterocycles. The van der Waals surface area contributed by atoms with Gasteiger partial charge in [0.15, 0.2) is 0 Å². The van der Waals surface area contributed by atoms with Crippen LogP contribution in [0.3, 0.4) is 0 Å². The first kappa shape index (κ1) is 22.1. The van der Waals surface area contributed by atoms with Crippen LogP contribution < -0.4 is 9.62 Å². The first-order valence-corrected chi connectivity index (χ1v) is 12.3. The van der Waals surface area contributed by atoms with Crippen molar-refractivity contribution >= 4 is 44.5 Å². The smallest absolute Gasteiger partial charge is 0.134 e. The van der Waals surface area contributed by atoms with Crippen molar-refractivity contribution < 1.29 is 9.32 Å². The average molecular weight is 476 g/mol. The van der Waals surface area contributed by atoms with E-state index in [9.17, 15) is 9.32 Å². The number of hydrogen-bond donors (Lipinski definition) is 3. The van der Waals surface area contributed by atoms with Gasteiger partial charge in [-0.3, -0.25) is 0 Å². The Morgan fingerprint density at radius 2 is 1.61 bits per heavy atom. The number of aliphatic hydroxyl groups excluding tert-OH is 1. The zero-order valence-electron chi connectivity index (χ0n) is 16.7. The molecular weight excluding hydrogens is 453 g/mol. The van der Waals surface area contributed by atoms with Gasteiger partial charge in [0.1, 0.15) is 9.92 Å². The first-order chi connectivity index (χ1) is 14.8. The number of halogens is 2. The van der Waals surface area contributed by atoms with E-state index in [2.05, 4.69) is 15.7 Å². The molecule has 31 heavy (non-hydrogen) atoms. The standard InChI is InChI=1S/C23H23Cl2N3O2S/c24-18-9-11-21(12-10-18)31(26,30)27-14-20(29)15-28-22-4-2-1-3-16(22)5-6-17-7-8-19(25)13-23(17)28/h1-4,7-13,20,29H,5-6,14-15H2,(H2,26,27,30). The van der Waals surface area contributed by atoms with Crippen molar-refractivity contribution in [1.29, 1.82) is 4.78 Å². The summed E-state index contributed by atoms with van der Waals surface area (Å²) in [5.41, 5.74) is 4.33. The summed E-state index contributed by atoms with van der Waals surface area (Å²) in [6.07, 6.45) is 0.912. The molecule has 2 atom stereocenters. The number of β-amino-alcohol motifs (C(OH)–C–C–N with tert-alkyl or cyclic N) is 1. The van der Waals surface area contributed by atoms with Crippen molar-refractivity contribution in [2.45, 2.75) is 23.8 Å². The zero-order chi connectivity index (χ0) is 22.0. The molecule has 0 aromatic heterocycles. The summed E-state index contributed by atoms with van der Waals surface area (Å²) in [5, 5.41) is 11.9. The van der Waals surface area contributed by atoms with Gasteiger partial charge in [-0.05, 0) is 66.4 Å². The number of nitrogens with zero attached hydrogens (tertiary/aromatic N) is 1. The maximum Gasteiger partial charge on any atom is 0.134 e. The number of benzene rings is 3. The van der Waals surface area contributed by atoms with E-state index in [1.807, 2.05) is 36.4 Å². The second-order valence-electron chi connectivity index (χ2n) is 7.52. The maximum atomic E-state index is 12.8. The van der Waals surface area contributed by atoms with Crippen molar-refractivity contribution in [1.82, 2.24) is 4.72 Å². The Morgan fingerprint density at radius 3 is 2.35 bits per heavy atom. The molecule has 0 radical (unpaired) electrons. The van der Waals surface area contributed by atoms with Gasteiger partial charge in [0.25, 0.3) is 0 Å². The van der Waals surface area contributed by atoms with Crippen molar-refractivity contribution in [3.8, 4) is 0 Å². The van der Waals surface area contributed by atoms with Gasteiger partial charge in [-0.2, -0.15) is 0 Å². The molecule has 2 unspecified atom stereocenters. The highest BCUT2D eigenvalue weighted by atomic mass is 35.5. The topological polar surface area (TPSA) is 76.4 Å². The molecule has 0 saturated carbocycles. The molecule has 3 N–H and O–H groups in total. The van der Waals surface area contributed by atoms with E-state index in [-0.39, 0.29) is 13.1 Å². The molecule has 0 bridgehead atoms. The van der Waals surface area contributed by atoms with Crippen molar-refractivity contribution in [2.24, 2.45) is 0 Å². The predicted octanol–water partition coefficient (Wildman–Crippen LogP) is 5.20. The van der Waals surface area contributed by atoms with Crippen molar-refractivity contribution in [3.63, 3.8) is 0 Å². The van der Waals surface area contributed by atoms with Crippen LogP contribution >= 0.6 is 23.2 Å². The van der Waals surface area contributed by atoms with E-state index in [1.54, 1.807) is 24.3 Å². The third-order valence-corrected chi connectivity index (χ3v) is 7.34. The maximum absolute atomic E-state index is 12.8. The highest BCUT2D eigenvalue weighted by Gasteiger charge is 2.23. The second kappa shape index (κ2) is 9.18. The molecule has 162 valence electrons. The van der Waals surface area contributed by atoms with Crippen LogP contribution in [0, 0.1) is 4.78 Å². The van der Waals surface area contributed by atoms with Gasteiger partial charge in [0.2, 0.25) is 0 Å². The molecule has 0 spiro atoms. The van der Waals surface area contributed by atoms with Crippen molar-refractivity contribution in [2.75, 3.05) is 18.0 Å². The number of nitrogens with one attached hydrogen (secondary N) is 2. The number of aryl methyl sites for hydroxylation is 2. The number of para-hydroxylation sites is 1. The largest absolute Gasteiger partial charge is 0.390 e. The molecule has 3 aromatic carbocycles. The van der Waals surface area contributed by atoms with Gasteiger partial charge in [-0.25, -0.2) is 13.7 Å². The van der Waals surface area contributed by atoms with E-state index in [1.165, 1.54) is 5.56 Å². The van der Waals surface area contributed by atoms with Gasteiger partial charge in [-0.15, -0.1) is 0 Å². The van der Waals surface area contributed by atoms with Crippen LogP contribution in [0.25, 0.3) is 0 Å². The minimum Gasteiger partial charge on any atom is -0.390 e. The molecule has 8 heteroatoms. The number of aliphatic hydroxyl groups is 1. The lowest BCUT2D eigenvalue weighted by Crippen LogP contribution is -2.38.